The van der Waals surface area contributed by atoms with Crippen LogP contribution in [0.1, 0.15) is 12.0 Å². The second kappa shape index (κ2) is 6.97. The number of nitrogens with zero attached hydrogens (tertiary/aromatic N) is 2. The van der Waals surface area contributed by atoms with Gasteiger partial charge in [-0.15, -0.1) is 0 Å². The fourth-order valence-corrected chi connectivity index (χ4v) is 1.28. The van der Waals surface area contributed by atoms with E-state index in [1.807, 2.05) is 6.20 Å². The number of carbonyl (C=O) groups is 1. The monoisotopic (exact) mass is 226 g/mol. The van der Waals surface area contributed by atoms with Gasteiger partial charge in [-0.25, -0.2) is 0 Å². The zero-order valence-electron chi connectivity index (χ0n) is 9.44. The Kier molecular flexibility index (Phi) is 5.52. The summed E-state index contributed by atoms with van der Waals surface area (Å²) in [5, 5.41) is 18.5. The number of aliphatic hydroxyl groups excluding tert-OH is 1. The minimum Gasteiger partial charge on any atom is -0.394 e. The summed E-state index contributed by atoms with van der Waals surface area (Å²) in [5.74, 6) is 0.0310. The first-order valence-electron chi connectivity index (χ1n) is 5.29. The standard InChI is InChI=1S/C10H18N4O2/c1-11-10(16)2-3-12-6-9-7-13-14(8-9)4-5-15/h7-8,12,15H,2-6H2,1H3,(H,11,16). The van der Waals surface area contributed by atoms with Crippen LogP contribution in [0.2, 0.25) is 0 Å². The van der Waals surface area contributed by atoms with E-state index in [2.05, 4.69) is 15.7 Å². The van der Waals surface area contributed by atoms with Crippen molar-refractivity contribution >= 4 is 5.91 Å². The van der Waals surface area contributed by atoms with Gasteiger partial charge in [0.25, 0.3) is 0 Å². The second-order valence-corrected chi connectivity index (χ2v) is 3.44. The largest absolute Gasteiger partial charge is 0.394 e. The highest BCUT2D eigenvalue weighted by Crippen LogP contribution is 1.96. The molecule has 3 N–H and O–H groups in total. The van der Waals surface area contributed by atoms with Gasteiger partial charge in [-0.2, -0.15) is 5.10 Å². The first kappa shape index (κ1) is 12.7. The summed E-state index contributed by atoms with van der Waals surface area (Å²) in [6, 6.07) is 0. The van der Waals surface area contributed by atoms with E-state index in [9.17, 15) is 4.79 Å². The number of aromatic nitrogens is 2. The second-order valence-electron chi connectivity index (χ2n) is 3.44. The smallest absolute Gasteiger partial charge is 0.221 e. The fourth-order valence-electron chi connectivity index (χ4n) is 1.28. The van der Waals surface area contributed by atoms with Crippen LogP contribution in [0.3, 0.4) is 0 Å². The molecule has 0 aromatic carbocycles. The summed E-state index contributed by atoms with van der Waals surface area (Å²) < 4.78 is 1.69. The van der Waals surface area contributed by atoms with Crippen molar-refractivity contribution in [2.24, 2.45) is 0 Å². The molecule has 0 atom stereocenters. The zero-order chi connectivity index (χ0) is 11.8. The summed E-state index contributed by atoms with van der Waals surface area (Å²) in [6.45, 7) is 1.93. The van der Waals surface area contributed by atoms with Crippen molar-refractivity contribution in [3.05, 3.63) is 18.0 Å². The van der Waals surface area contributed by atoms with Crippen molar-refractivity contribution in [2.75, 3.05) is 20.2 Å². The molecule has 0 aliphatic carbocycles. The van der Waals surface area contributed by atoms with Crippen LogP contribution in [0.4, 0.5) is 0 Å². The highest BCUT2D eigenvalue weighted by molar-refractivity contribution is 5.75. The Hall–Kier alpha value is -1.40. The van der Waals surface area contributed by atoms with E-state index in [0.717, 1.165) is 5.56 Å². The van der Waals surface area contributed by atoms with Crippen molar-refractivity contribution in [1.82, 2.24) is 20.4 Å². The third kappa shape index (κ3) is 4.41. The van der Waals surface area contributed by atoms with E-state index in [1.54, 1.807) is 17.9 Å². The number of aliphatic hydroxyl groups is 1. The molecule has 0 spiro atoms. The van der Waals surface area contributed by atoms with Crippen LogP contribution in [-0.4, -0.2) is 41.0 Å². The van der Waals surface area contributed by atoms with Crippen molar-refractivity contribution in [2.45, 2.75) is 19.5 Å². The van der Waals surface area contributed by atoms with E-state index in [0.29, 0.717) is 26.1 Å². The zero-order valence-corrected chi connectivity index (χ0v) is 9.44. The molecule has 0 saturated carbocycles. The molecule has 1 aromatic heterocycles. The molecule has 1 rings (SSSR count). The molecule has 0 fully saturated rings. The van der Waals surface area contributed by atoms with Crippen LogP contribution in [0.25, 0.3) is 0 Å². The SMILES string of the molecule is CNC(=O)CCNCc1cnn(CCO)c1. The minimum absolute atomic E-state index is 0.0310. The molecule has 1 amide bonds. The lowest BCUT2D eigenvalue weighted by atomic mass is 10.3. The highest BCUT2D eigenvalue weighted by atomic mass is 16.3. The number of amides is 1. The van der Waals surface area contributed by atoms with E-state index in [1.165, 1.54) is 0 Å². The molecular formula is C10H18N4O2. The number of rotatable bonds is 7. The van der Waals surface area contributed by atoms with Gasteiger partial charge in [-0.05, 0) is 0 Å². The Labute approximate surface area is 94.6 Å². The molecule has 16 heavy (non-hydrogen) atoms. The minimum atomic E-state index is 0.0310. The van der Waals surface area contributed by atoms with Gasteiger partial charge < -0.3 is 15.7 Å². The van der Waals surface area contributed by atoms with Crippen molar-refractivity contribution in [3.8, 4) is 0 Å². The van der Waals surface area contributed by atoms with Gasteiger partial charge in [0.2, 0.25) is 5.91 Å². The molecule has 0 aliphatic heterocycles. The maximum Gasteiger partial charge on any atom is 0.221 e. The van der Waals surface area contributed by atoms with E-state index < -0.39 is 0 Å². The average molecular weight is 226 g/mol. The lowest BCUT2D eigenvalue weighted by Gasteiger charge is -2.01. The van der Waals surface area contributed by atoms with Crippen molar-refractivity contribution in [3.63, 3.8) is 0 Å². The summed E-state index contributed by atoms with van der Waals surface area (Å²) >= 11 is 0. The predicted molar refractivity (Wildman–Crippen MR) is 59.7 cm³/mol. The van der Waals surface area contributed by atoms with Crippen LogP contribution in [0.15, 0.2) is 12.4 Å². The van der Waals surface area contributed by atoms with Gasteiger partial charge in [0, 0.05) is 38.3 Å². The summed E-state index contributed by atoms with van der Waals surface area (Å²) in [6.07, 6.45) is 4.10. The molecular weight excluding hydrogens is 208 g/mol. The summed E-state index contributed by atoms with van der Waals surface area (Å²) in [7, 11) is 1.63. The van der Waals surface area contributed by atoms with Crippen LogP contribution in [0, 0.1) is 0 Å². The van der Waals surface area contributed by atoms with Gasteiger partial charge in [0.05, 0.1) is 19.3 Å². The molecule has 6 heteroatoms. The van der Waals surface area contributed by atoms with Gasteiger partial charge in [0.15, 0.2) is 0 Å². The molecule has 0 saturated heterocycles. The van der Waals surface area contributed by atoms with Crippen LogP contribution in [-0.2, 0) is 17.9 Å². The normalized spacial score (nSPS) is 10.4. The molecule has 90 valence electrons. The average Bonchev–Trinajstić information content (AvgIpc) is 2.72. The maximum absolute atomic E-state index is 10.9. The Balaban J connectivity index is 2.19. The van der Waals surface area contributed by atoms with Gasteiger partial charge in [0.1, 0.15) is 0 Å². The fraction of sp³-hybridized carbons (Fsp3) is 0.600. The number of carbonyl (C=O) groups excluding carboxylic acids is 1. The van der Waals surface area contributed by atoms with Gasteiger partial charge in [-0.1, -0.05) is 0 Å². The quantitative estimate of drug-likeness (QED) is 0.527. The molecule has 0 radical (unpaired) electrons. The number of nitrogens with one attached hydrogen (secondary N) is 2. The van der Waals surface area contributed by atoms with Crippen molar-refractivity contribution < 1.29 is 9.90 Å². The lowest BCUT2D eigenvalue weighted by molar-refractivity contribution is -0.120. The molecule has 0 bridgehead atoms. The first-order chi connectivity index (χ1) is 7.76. The number of hydrogen-bond donors (Lipinski definition) is 3. The van der Waals surface area contributed by atoms with Crippen molar-refractivity contribution in [1.29, 1.82) is 0 Å². The topological polar surface area (TPSA) is 79.2 Å². The summed E-state index contributed by atoms with van der Waals surface area (Å²) in [4.78, 5) is 10.9. The Morgan fingerprint density at radius 1 is 1.62 bits per heavy atom. The van der Waals surface area contributed by atoms with Crippen LogP contribution in [0.5, 0.6) is 0 Å². The first-order valence-corrected chi connectivity index (χ1v) is 5.29. The summed E-state index contributed by atoms with van der Waals surface area (Å²) in [5.41, 5.74) is 1.05. The highest BCUT2D eigenvalue weighted by Gasteiger charge is 1.99. The van der Waals surface area contributed by atoms with E-state index >= 15 is 0 Å². The molecule has 1 aromatic rings. The predicted octanol–water partition coefficient (Wildman–Crippen LogP) is -0.899. The molecule has 0 aliphatic rings. The maximum atomic E-state index is 10.9. The van der Waals surface area contributed by atoms with E-state index in [-0.39, 0.29) is 12.5 Å². The van der Waals surface area contributed by atoms with Crippen LogP contribution >= 0.6 is 0 Å². The molecule has 6 nitrogen and oxygen atoms in total. The van der Waals surface area contributed by atoms with Gasteiger partial charge >= 0.3 is 0 Å². The molecule has 1 heterocycles. The Bertz CT molecular complexity index is 324. The lowest BCUT2D eigenvalue weighted by Crippen LogP contribution is -2.24. The van der Waals surface area contributed by atoms with E-state index in [4.69, 9.17) is 5.11 Å². The number of hydrogen-bond acceptors (Lipinski definition) is 4. The molecule has 0 unspecified atom stereocenters. The Morgan fingerprint density at radius 3 is 3.12 bits per heavy atom. The Morgan fingerprint density at radius 2 is 2.44 bits per heavy atom. The van der Waals surface area contributed by atoms with Crippen LogP contribution < -0.4 is 10.6 Å². The third-order valence-electron chi connectivity index (χ3n) is 2.15. The van der Waals surface area contributed by atoms with Gasteiger partial charge in [-0.3, -0.25) is 9.48 Å². The third-order valence-corrected chi connectivity index (χ3v) is 2.15.